The van der Waals surface area contributed by atoms with Gasteiger partial charge in [0.15, 0.2) is 5.82 Å². The number of rotatable bonds is 5. The molecule has 1 aromatic heterocycles. The Kier molecular flexibility index (Phi) is 6.04. The van der Waals surface area contributed by atoms with Crippen LogP contribution >= 0.6 is 0 Å². The number of piperidine rings is 2. The van der Waals surface area contributed by atoms with Gasteiger partial charge in [-0.2, -0.15) is 15.1 Å². The summed E-state index contributed by atoms with van der Waals surface area (Å²) in [6.07, 6.45) is 9.35. The summed E-state index contributed by atoms with van der Waals surface area (Å²) in [4.78, 5) is 14.4. The van der Waals surface area contributed by atoms with Gasteiger partial charge in [0.05, 0.1) is 6.21 Å². The van der Waals surface area contributed by atoms with E-state index in [9.17, 15) is 0 Å². The molecule has 2 aliphatic rings. The maximum atomic E-state index is 4.91. The van der Waals surface area contributed by atoms with Crippen molar-refractivity contribution >= 4 is 23.8 Å². The normalized spacial score (nSPS) is 17.9. The molecule has 0 atom stereocenters. The van der Waals surface area contributed by atoms with Gasteiger partial charge in [-0.3, -0.25) is 5.43 Å². The van der Waals surface area contributed by atoms with E-state index >= 15 is 0 Å². The van der Waals surface area contributed by atoms with Gasteiger partial charge in [-0.25, -0.2) is 0 Å². The van der Waals surface area contributed by atoms with Crippen LogP contribution in [0.2, 0.25) is 0 Å². The third-order valence-electron chi connectivity index (χ3n) is 5.45. The maximum absolute atomic E-state index is 4.91. The third kappa shape index (κ3) is 4.80. The van der Waals surface area contributed by atoms with Gasteiger partial charge in [-0.15, -0.1) is 0 Å². The van der Waals surface area contributed by atoms with Crippen LogP contribution in [0.1, 0.15) is 49.7 Å². The highest BCUT2D eigenvalue weighted by Gasteiger charge is 2.19. The van der Waals surface area contributed by atoms with E-state index in [1.54, 1.807) is 0 Å². The van der Waals surface area contributed by atoms with Crippen molar-refractivity contribution in [1.82, 2.24) is 9.97 Å². The number of hydrogen-bond donors (Lipinski definition) is 1. The number of aryl methyl sites for hydroxylation is 1. The molecule has 4 rings (SSSR count). The highest BCUT2D eigenvalue weighted by atomic mass is 15.4. The molecule has 0 saturated carbocycles. The first-order chi connectivity index (χ1) is 13.8. The Morgan fingerprint density at radius 2 is 1.61 bits per heavy atom. The molecule has 2 aliphatic heterocycles. The molecule has 2 saturated heterocycles. The van der Waals surface area contributed by atoms with Gasteiger partial charge < -0.3 is 9.80 Å². The van der Waals surface area contributed by atoms with Gasteiger partial charge >= 0.3 is 0 Å². The average Bonchev–Trinajstić information content (AvgIpc) is 2.75. The molecule has 2 aromatic rings. The lowest BCUT2D eigenvalue weighted by Crippen LogP contribution is -2.33. The molecule has 0 aliphatic carbocycles. The summed E-state index contributed by atoms with van der Waals surface area (Å²) in [5.74, 6) is 2.61. The van der Waals surface area contributed by atoms with Crippen LogP contribution < -0.4 is 15.2 Å². The van der Waals surface area contributed by atoms with Gasteiger partial charge in [0.1, 0.15) is 5.82 Å². The number of anilines is 3. The largest absolute Gasteiger partial charge is 0.356 e. The van der Waals surface area contributed by atoms with Crippen molar-refractivity contribution in [2.45, 2.75) is 45.4 Å². The summed E-state index contributed by atoms with van der Waals surface area (Å²) in [5.41, 5.74) is 5.44. The molecule has 1 aromatic carbocycles. The lowest BCUT2D eigenvalue weighted by molar-refractivity contribution is 0.561. The molecule has 0 bridgehead atoms. The van der Waals surface area contributed by atoms with E-state index in [0.29, 0.717) is 0 Å². The van der Waals surface area contributed by atoms with Crippen LogP contribution in [-0.4, -0.2) is 42.4 Å². The molecule has 28 heavy (non-hydrogen) atoms. The predicted octanol–water partition coefficient (Wildman–Crippen LogP) is 4.21. The van der Waals surface area contributed by atoms with Crippen molar-refractivity contribution in [3.63, 3.8) is 0 Å². The number of hydrogen-bond acceptors (Lipinski definition) is 6. The van der Waals surface area contributed by atoms with Gasteiger partial charge in [-0.05, 0) is 51.0 Å². The summed E-state index contributed by atoms with van der Waals surface area (Å²) in [6, 6.07) is 10.3. The second kappa shape index (κ2) is 9.04. The highest BCUT2D eigenvalue weighted by Crippen LogP contribution is 2.25. The molecular formula is C22H30N6. The topological polar surface area (TPSA) is 56.7 Å². The molecule has 3 heterocycles. The second-order valence-electron chi connectivity index (χ2n) is 7.79. The summed E-state index contributed by atoms with van der Waals surface area (Å²) in [6.45, 7) is 6.31. The van der Waals surface area contributed by atoms with Gasteiger partial charge in [0.25, 0.3) is 0 Å². The zero-order valence-electron chi connectivity index (χ0n) is 16.8. The van der Waals surface area contributed by atoms with E-state index in [2.05, 4.69) is 45.4 Å². The van der Waals surface area contributed by atoms with E-state index in [-0.39, 0.29) is 0 Å². The minimum Gasteiger partial charge on any atom is -0.356 e. The standard InChI is InChI=1S/C22H30N6/c1-18-9-8-10-19(15-18)17-23-26-20-16-21(27-11-4-2-5-12-27)25-22(24-20)28-13-6-3-7-14-28/h8-10,15-17H,2-7,11-14H2,1H3,(H,24,25,26)/b23-17+. The summed E-state index contributed by atoms with van der Waals surface area (Å²) in [5, 5.41) is 4.42. The van der Waals surface area contributed by atoms with Crippen molar-refractivity contribution in [2.75, 3.05) is 41.4 Å². The zero-order valence-corrected chi connectivity index (χ0v) is 16.8. The molecule has 148 valence electrons. The first-order valence-corrected chi connectivity index (χ1v) is 10.5. The first-order valence-electron chi connectivity index (χ1n) is 10.5. The predicted molar refractivity (Wildman–Crippen MR) is 117 cm³/mol. The fraction of sp³-hybridized carbons (Fsp3) is 0.500. The fourth-order valence-electron chi connectivity index (χ4n) is 3.92. The van der Waals surface area contributed by atoms with Gasteiger partial charge in [0.2, 0.25) is 5.95 Å². The zero-order chi connectivity index (χ0) is 19.2. The molecule has 1 N–H and O–H groups in total. The quantitative estimate of drug-likeness (QED) is 0.624. The average molecular weight is 379 g/mol. The fourth-order valence-corrected chi connectivity index (χ4v) is 3.92. The Labute approximate surface area is 167 Å². The number of hydrazone groups is 1. The first kappa shape index (κ1) is 18.7. The van der Waals surface area contributed by atoms with Gasteiger partial charge in [-0.1, -0.05) is 29.8 Å². The molecule has 0 amide bonds. The van der Waals surface area contributed by atoms with Crippen LogP contribution in [0.3, 0.4) is 0 Å². The molecular weight excluding hydrogens is 348 g/mol. The smallest absolute Gasteiger partial charge is 0.229 e. The Morgan fingerprint density at radius 1 is 0.893 bits per heavy atom. The highest BCUT2D eigenvalue weighted by molar-refractivity contribution is 5.80. The SMILES string of the molecule is Cc1cccc(/C=N/Nc2cc(N3CCCCC3)nc(N3CCCCC3)n2)c1. The number of aromatic nitrogens is 2. The maximum Gasteiger partial charge on any atom is 0.229 e. The van der Waals surface area contributed by atoms with Crippen LogP contribution in [0, 0.1) is 6.92 Å². The summed E-state index contributed by atoms with van der Waals surface area (Å²) >= 11 is 0. The third-order valence-corrected chi connectivity index (χ3v) is 5.45. The molecule has 6 heteroatoms. The van der Waals surface area contributed by atoms with Crippen molar-refractivity contribution < 1.29 is 0 Å². The Balaban J connectivity index is 1.55. The van der Waals surface area contributed by atoms with Crippen LogP contribution in [0.4, 0.5) is 17.6 Å². The van der Waals surface area contributed by atoms with E-state index in [1.807, 2.05) is 18.3 Å². The van der Waals surface area contributed by atoms with Crippen LogP contribution in [-0.2, 0) is 0 Å². The van der Waals surface area contributed by atoms with Crippen LogP contribution in [0.15, 0.2) is 35.4 Å². The molecule has 0 spiro atoms. The van der Waals surface area contributed by atoms with E-state index in [0.717, 1.165) is 49.3 Å². The van der Waals surface area contributed by atoms with Crippen molar-refractivity contribution in [1.29, 1.82) is 0 Å². The van der Waals surface area contributed by atoms with E-state index in [1.165, 1.54) is 44.1 Å². The molecule has 0 unspecified atom stereocenters. The van der Waals surface area contributed by atoms with Crippen molar-refractivity contribution in [3.05, 3.63) is 41.5 Å². The number of nitrogens with zero attached hydrogens (tertiary/aromatic N) is 5. The Bertz CT molecular complexity index is 770. The Hall–Kier alpha value is -2.63. The number of benzene rings is 1. The summed E-state index contributed by atoms with van der Waals surface area (Å²) < 4.78 is 0. The van der Waals surface area contributed by atoms with Crippen LogP contribution in [0.5, 0.6) is 0 Å². The molecule has 2 fully saturated rings. The number of nitrogens with one attached hydrogen (secondary N) is 1. The minimum atomic E-state index is 0.764. The molecule has 6 nitrogen and oxygen atoms in total. The summed E-state index contributed by atoms with van der Waals surface area (Å²) in [7, 11) is 0. The van der Waals surface area contributed by atoms with Crippen molar-refractivity contribution in [2.24, 2.45) is 5.10 Å². The monoisotopic (exact) mass is 378 g/mol. The van der Waals surface area contributed by atoms with E-state index < -0.39 is 0 Å². The van der Waals surface area contributed by atoms with Gasteiger partial charge in [0, 0.05) is 32.2 Å². The van der Waals surface area contributed by atoms with Crippen LogP contribution in [0.25, 0.3) is 0 Å². The Morgan fingerprint density at radius 3 is 2.32 bits per heavy atom. The van der Waals surface area contributed by atoms with Crippen molar-refractivity contribution in [3.8, 4) is 0 Å². The molecule has 0 radical (unpaired) electrons. The minimum absolute atomic E-state index is 0.764. The lowest BCUT2D eigenvalue weighted by atomic mass is 10.1. The lowest BCUT2D eigenvalue weighted by Gasteiger charge is -2.31. The van der Waals surface area contributed by atoms with E-state index in [4.69, 9.17) is 9.97 Å². The second-order valence-corrected chi connectivity index (χ2v) is 7.79.